The lowest BCUT2D eigenvalue weighted by molar-refractivity contribution is 0.537. The predicted octanol–water partition coefficient (Wildman–Crippen LogP) is 3.17. The summed E-state index contributed by atoms with van der Waals surface area (Å²) in [7, 11) is 0. The van der Waals surface area contributed by atoms with Crippen LogP contribution >= 0.6 is 12.4 Å². The van der Waals surface area contributed by atoms with E-state index >= 15 is 0 Å². The monoisotopic (exact) mass is 199 g/mol. The van der Waals surface area contributed by atoms with Crippen molar-refractivity contribution in [2.24, 2.45) is 0 Å². The molecular formula is C11H18ClN. The van der Waals surface area contributed by atoms with Crippen molar-refractivity contribution in [1.29, 1.82) is 0 Å². The molecule has 0 amide bonds. The molecule has 0 aliphatic rings. The van der Waals surface area contributed by atoms with Gasteiger partial charge in [0.2, 0.25) is 0 Å². The molecule has 0 aromatic heterocycles. The predicted molar refractivity (Wildman–Crippen MR) is 60.4 cm³/mol. The Morgan fingerprint density at radius 1 is 1.15 bits per heavy atom. The van der Waals surface area contributed by atoms with Crippen molar-refractivity contribution >= 4 is 12.4 Å². The number of benzene rings is 1. The van der Waals surface area contributed by atoms with Crippen molar-refractivity contribution < 1.29 is 0 Å². The first-order chi connectivity index (χ1) is 5.88. The van der Waals surface area contributed by atoms with E-state index in [4.69, 9.17) is 0 Å². The van der Waals surface area contributed by atoms with Crippen LogP contribution in [0.25, 0.3) is 0 Å². The second-order valence-electron chi connectivity index (χ2n) is 2.93. The Bertz CT molecular complexity index is 211. The first kappa shape index (κ1) is 12.5. The van der Waals surface area contributed by atoms with E-state index in [0.717, 1.165) is 13.0 Å². The number of rotatable bonds is 4. The molecule has 0 radical (unpaired) electrons. The van der Waals surface area contributed by atoms with Gasteiger partial charge in [-0.05, 0) is 18.5 Å². The molecule has 0 bridgehead atoms. The Hall–Kier alpha value is -0.530. The molecule has 0 heterocycles. The summed E-state index contributed by atoms with van der Waals surface area (Å²) in [4.78, 5) is 0. The molecule has 0 aliphatic heterocycles. The molecule has 1 unspecified atom stereocenters. The number of hydrogen-bond donors (Lipinski definition) is 1. The highest BCUT2D eigenvalue weighted by molar-refractivity contribution is 5.85. The van der Waals surface area contributed by atoms with Crippen LogP contribution in [0.3, 0.4) is 0 Å². The first-order valence-corrected chi connectivity index (χ1v) is 4.66. The summed E-state index contributed by atoms with van der Waals surface area (Å²) in [5, 5.41) is 3.45. The van der Waals surface area contributed by atoms with E-state index in [1.165, 1.54) is 5.56 Å². The second-order valence-corrected chi connectivity index (χ2v) is 2.93. The lowest BCUT2D eigenvalue weighted by Gasteiger charge is -2.15. The van der Waals surface area contributed by atoms with Gasteiger partial charge < -0.3 is 5.32 Å². The third kappa shape index (κ3) is 3.79. The molecule has 13 heavy (non-hydrogen) atoms. The summed E-state index contributed by atoms with van der Waals surface area (Å²) in [6.45, 7) is 5.39. The van der Waals surface area contributed by atoms with Gasteiger partial charge in [0.15, 0.2) is 0 Å². The molecule has 1 N–H and O–H groups in total. The molecule has 0 saturated carbocycles. The molecule has 1 aromatic rings. The van der Waals surface area contributed by atoms with E-state index in [1.807, 2.05) is 0 Å². The Morgan fingerprint density at radius 3 is 2.23 bits per heavy atom. The number of halogens is 1. The van der Waals surface area contributed by atoms with E-state index in [1.54, 1.807) is 0 Å². The van der Waals surface area contributed by atoms with Crippen LogP contribution in [0.1, 0.15) is 31.9 Å². The van der Waals surface area contributed by atoms with E-state index < -0.39 is 0 Å². The van der Waals surface area contributed by atoms with Gasteiger partial charge in [0.25, 0.3) is 0 Å². The van der Waals surface area contributed by atoms with Gasteiger partial charge in [0.1, 0.15) is 0 Å². The van der Waals surface area contributed by atoms with E-state index in [0.29, 0.717) is 6.04 Å². The van der Waals surface area contributed by atoms with Crippen LogP contribution in [0.5, 0.6) is 0 Å². The van der Waals surface area contributed by atoms with Crippen LogP contribution in [-0.2, 0) is 0 Å². The Labute approximate surface area is 87.0 Å². The number of hydrogen-bond acceptors (Lipinski definition) is 1. The van der Waals surface area contributed by atoms with Crippen LogP contribution in [0.4, 0.5) is 0 Å². The van der Waals surface area contributed by atoms with Gasteiger partial charge in [0, 0.05) is 6.04 Å². The average Bonchev–Trinajstić information content (AvgIpc) is 2.15. The zero-order valence-corrected chi connectivity index (χ0v) is 9.10. The summed E-state index contributed by atoms with van der Waals surface area (Å²) < 4.78 is 0. The lowest BCUT2D eigenvalue weighted by Crippen LogP contribution is -2.19. The maximum atomic E-state index is 3.45. The fourth-order valence-corrected chi connectivity index (χ4v) is 1.43. The standard InChI is InChI=1S/C11H17N.ClH/c1-3-11(12-4-2)10-8-6-5-7-9-10;/h5-9,11-12H,3-4H2,1-2H3;1H. The second kappa shape index (κ2) is 6.93. The first-order valence-electron chi connectivity index (χ1n) is 4.66. The maximum Gasteiger partial charge on any atom is 0.0317 e. The van der Waals surface area contributed by atoms with Gasteiger partial charge in [0.05, 0.1) is 0 Å². The average molecular weight is 200 g/mol. The SMILES string of the molecule is CCNC(CC)c1ccccc1.Cl. The summed E-state index contributed by atoms with van der Waals surface area (Å²) >= 11 is 0. The fourth-order valence-electron chi connectivity index (χ4n) is 1.43. The fraction of sp³-hybridized carbons (Fsp3) is 0.455. The number of nitrogens with one attached hydrogen (secondary N) is 1. The molecule has 2 heteroatoms. The van der Waals surface area contributed by atoms with Crippen LogP contribution in [0, 0.1) is 0 Å². The van der Waals surface area contributed by atoms with Crippen molar-refractivity contribution in [2.45, 2.75) is 26.3 Å². The molecule has 0 fully saturated rings. The Morgan fingerprint density at radius 2 is 1.77 bits per heavy atom. The minimum absolute atomic E-state index is 0. The summed E-state index contributed by atoms with van der Waals surface area (Å²) in [6.07, 6.45) is 1.15. The van der Waals surface area contributed by atoms with Crippen molar-refractivity contribution in [1.82, 2.24) is 5.32 Å². The molecule has 1 nitrogen and oxygen atoms in total. The van der Waals surface area contributed by atoms with Gasteiger partial charge in [-0.3, -0.25) is 0 Å². The van der Waals surface area contributed by atoms with Gasteiger partial charge in [-0.2, -0.15) is 0 Å². The van der Waals surface area contributed by atoms with E-state index in [2.05, 4.69) is 49.5 Å². The third-order valence-corrected chi connectivity index (χ3v) is 2.06. The highest BCUT2D eigenvalue weighted by Crippen LogP contribution is 2.14. The summed E-state index contributed by atoms with van der Waals surface area (Å²) in [5.74, 6) is 0. The molecule has 0 aliphatic carbocycles. The highest BCUT2D eigenvalue weighted by Gasteiger charge is 2.04. The molecule has 74 valence electrons. The van der Waals surface area contributed by atoms with E-state index in [-0.39, 0.29) is 12.4 Å². The van der Waals surface area contributed by atoms with Gasteiger partial charge in [-0.1, -0.05) is 44.2 Å². The minimum Gasteiger partial charge on any atom is -0.310 e. The van der Waals surface area contributed by atoms with Crippen LogP contribution < -0.4 is 5.32 Å². The smallest absolute Gasteiger partial charge is 0.0317 e. The molecular weight excluding hydrogens is 182 g/mol. The van der Waals surface area contributed by atoms with Crippen molar-refractivity contribution in [3.8, 4) is 0 Å². The van der Waals surface area contributed by atoms with Gasteiger partial charge in [-0.15, -0.1) is 12.4 Å². The van der Waals surface area contributed by atoms with Crippen molar-refractivity contribution in [3.63, 3.8) is 0 Å². The Balaban J connectivity index is 0.00000144. The zero-order valence-electron chi connectivity index (χ0n) is 8.29. The highest BCUT2D eigenvalue weighted by atomic mass is 35.5. The maximum absolute atomic E-state index is 3.45. The van der Waals surface area contributed by atoms with Crippen molar-refractivity contribution in [2.75, 3.05) is 6.54 Å². The minimum atomic E-state index is 0. The molecule has 1 atom stereocenters. The van der Waals surface area contributed by atoms with Gasteiger partial charge >= 0.3 is 0 Å². The molecule has 0 saturated heterocycles. The van der Waals surface area contributed by atoms with Crippen LogP contribution in [-0.4, -0.2) is 6.54 Å². The summed E-state index contributed by atoms with van der Waals surface area (Å²) in [6, 6.07) is 11.1. The molecule has 0 spiro atoms. The topological polar surface area (TPSA) is 12.0 Å². The normalized spacial score (nSPS) is 11.8. The zero-order chi connectivity index (χ0) is 8.81. The molecule has 1 rings (SSSR count). The summed E-state index contributed by atoms with van der Waals surface area (Å²) in [5.41, 5.74) is 1.39. The largest absolute Gasteiger partial charge is 0.310 e. The lowest BCUT2D eigenvalue weighted by atomic mass is 10.1. The van der Waals surface area contributed by atoms with E-state index in [9.17, 15) is 0 Å². The van der Waals surface area contributed by atoms with Gasteiger partial charge in [-0.25, -0.2) is 0 Å². The Kier molecular flexibility index (Phi) is 6.65. The van der Waals surface area contributed by atoms with Crippen LogP contribution in [0.15, 0.2) is 30.3 Å². The molecule has 1 aromatic carbocycles. The quantitative estimate of drug-likeness (QED) is 0.786. The van der Waals surface area contributed by atoms with Crippen molar-refractivity contribution in [3.05, 3.63) is 35.9 Å². The van der Waals surface area contributed by atoms with Crippen LogP contribution in [0.2, 0.25) is 0 Å². The third-order valence-electron chi connectivity index (χ3n) is 2.06.